The number of hydrogen-bond acceptors (Lipinski definition) is 3. The number of amides is 1. The lowest BCUT2D eigenvalue weighted by Crippen LogP contribution is -2.18. The molecule has 0 aliphatic carbocycles. The highest BCUT2D eigenvalue weighted by Crippen LogP contribution is 2.30. The van der Waals surface area contributed by atoms with E-state index in [-0.39, 0.29) is 11.5 Å². The Hall–Kier alpha value is -2.27. The average molecular weight is 287 g/mol. The molecular weight excluding hydrogens is 274 g/mol. The molecule has 0 unspecified atom stereocenters. The van der Waals surface area contributed by atoms with Gasteiger partial charge in [0.2, 0.25) is 0 Å². The quantitative estimate of drug-likeness (QED) is 0.907. The summed E-state index contributed by atoms with van der Waals surface area (Å²) in [7, 11) is 1.59. The van der Waals surface area contributed by atoms with E-state index in [1.807, 2.05) is 18.2 Å². The first-order chi connectivity index (χ1) is 9.61. The van der Waals surface area contributed by atoms with Crippen molar-refractivity contribution in [1.82, 2.24) is 5.32 Å². The molecule has 0 aliphatic rings. The summed E-state index contributed by atoms with van der Waals surface area (Å²) in [5.74, 6) is -1.09. The van der Waals surface area contributed by atoms with E-state index in [1.165, 1.54) is 11.8 Å². The molecule has 0 spiro atoms. The molecule has 4 nitrogen and oxygen atoms in total. The molecule has 0 heterocycles. The van der Waals surface area contributed by atoms with Crippen molar-refractivity contribution >= 4 is 23.6 Å². The molecule has 0 aliphatic heterocycles. The van der Waals surface area contributed by atoms with Crippen molar-refractivity contribution in [2.45, 2.75) is 9.79 Å². The molecule has 0 bridgehead atoms. The maximum absolute atomic E-state index is 11.8. The van der Waals surface area contributed by atoms with E-state index >= 15 is 0 Å². The van der Waals surface area contributed by atoms with Crippen LogP contribution in [0, 0.1) is 0 Å². The van der Waals surface area contributed by atoms with E-state index < -0.39 is 5.97 Å². The van der Waals surface area contributed by atoms with Crippen LogP contribution in [0.5, 0.6) is 0 Å². The molecule has 1 amide bonds. The first-order valence-electron chi connectivity index (χ1n) is 5.94. The lowest BCUT2D eigenvalue weighted by atomic mass is 10.2. The molecule has 0 radical (unpaired) electrons. The molecule has 0 saturated carbocycles. The third kappa shape index (κ3) is 3.19. The first kappa shape index (κ1) is 14.1. The van der Waals surface area contributed by atoms with Gasteiger partial charge in [0.15, 0.2) is 0 Å². The van der Waals surface area contributed by atoms with Crippen molar-refractivity contribution in [3.63, 3.8) is 0 Å². The van der Waals surface area contributed by atoms with E-state index in [0.29, 0.717) is 5.56 Å². The van der Waals surface area contributed by atoms with Gasteiger partial charge in [0.1, 0.15) is 0 Å². The largest absolute Gasteiger partial charge is 0.478 e. The highest BCUT2D eigenvalue weighted by atomic mass is 32.2. The highest BCUT2D eigenvalue weighted by molar-refractivity contribution is 7.99. The molecule has 5 heteroatoms. The zero-order valence-electron chi connectivity index (χ0n) is 10.8. The second-order valence-electron chi connectivity index (χ2n) is 4.01. The van der Waals surface area contributed by atoms with E-state index in [1.54, 1.807) is 37.4 Å². The summed E-state index contributed by atoms with van der Waals surface area (Å²) in [4.78, 5) is 24.3. The van der Waals surface area contributed by atoms with Gasteiger partial charge in [-0.3, -0.25) is 4.79 Å². The lowest BCUT2D eigenvalue weighted by molar-refractivity contribution is 0.0696. The Morgan fingerprint density at radius 3 is 2.30 bits per heavy atom. The Kier molecular flexibility index (Phi) is 4.42. The van der Waals surface area contributed by atoms with E-state index in [4.69, 9.17) is 5.11 Å². The molecule has 0 aromatic heterocycles. The van der Waals surface area contributed by atoms with Crippen molar-refractivity contribution in [2.24, 2.45) is 0 Å². The topological polar surface area (TPSA) is 66.4 Å². The van der Waals surface area contributed by atoms with Crippen molar-refractivity contribution in [1.29, 1.82) is 0 Å². The van der Waals surface area contributed by atoms with Gasteiger partial charge >= 0.3 is 5.97 Å². The molecule has 20 heavy (non-hydrogen) atoms. The standard InChI is InChI=1S/C15H13NO3S/c1-16-14(17)12-4-2-3-5-13(12)20-11-8-6-10(7-9-11)15(18)19/h2-9H,1H3,(H,16,17)(H,18,19). The number of aromatic carboxylic acids is 1. The Morgan fingerprint density at radius 2 is 1.70 bits per heavy atom. The molecule has 2 aromatic carbocycles. The van der Waals surface area contributed by atoms with Gasteiger partial charge in [-0.2, -0.15) is 0 Å². The smallest absolute Gasteiger partial charge is 0.335 e. The molecule has 2 N–H and O–H groups in total. The van der Waals surface area contributed by atoms with Crippen LogP contribution in [-0.4, -0.2) is 24.0 Å². The second kappa shape index (κ2) is 6.25. The summed E-state index contributed by atoms with van der Waals surface area (Å²) in [6, 6.07) is 13.8. The molecule has 0 fully saturated rings. The summed E-state index contributed by atoms with van der Waals surface area (Å²) in [6.45, 7) is 0. The second-order valence-corrected chi connectivity index (χ2v) is 5.12. The van der Waals surface area contributed by atoms with Crippen molar-refractivity contribution < 1.29 is 14.7 Å². The maximum Gasteiger partial charge on any atom is 0.335 e. The normalized spacial score (nSPS) is 10.1. The lowest BCUT2D eigenvalue weighted by Gasteiger charge is -2.08. The number of carboxylic acids is 1. The minimum absolute atomic E-state index is 0.143. The summed E-state index contributed by atoms with van der Waals surface area (Å²) in [6.07, 6.45) is 0. The fourth-order valence-corrected chi connectivity index (χ4v) is 2.61. The highest BCUT2D eigenvalue weighted by Gasteiger charge is 2.10. The number of benzene rings is 2. The third-order valence-corrected chi connectivity index (χ3v) is 3.77. The van der Waals surface area contributed by atoms with E-state index in [9.17, 15) is 9.59 Å². The Labute approximate surface area is 120 Å². The van der Waals surface area contributed by atoms with Gasteiger partial charge in [-0.15, -0.1) is 0 Å². The van der Waals surface area contributed by atoms with Crippen LogP contribution in [0.25, 0.3) is 0 Å². The predicted molar refractivity (Wildman–Crippen MR) is 77.4 cm³/mol. The summed E-state index contributed by atoms with van der Waals surface area (Å²) >= 11 is 1.42. The fraction of sp³-hybridized carbons (Fsp3) is 0.0667. The first-order valence-corrected chi connectivity index (χ1v) is 6.76. The van der Waals surface area contributed by atoms with Crippen LogP contribution in [0.15, 0.2) is 58.3 Å². The number of rotatable bonds is 4. The van der Waals surface area contributed by atoms with Gasteiger partial charge in [-0.25, -0.2) is 4.79 Å². The molecule has 2 aromatic rings. The van der Waals surface area contributed by atoms with Gasteiger partial charge in [0.25, 0.3) is 5.91 Å². The number of carboxylic acid groups (broad SMARTS) is 1. The van der Waals surface area contributed by atoms with Gasteiger partial charge in [0, 0.05) is 16.8 Å². The van der Waals surface area contributed by atoms with Crippen LogP contribution >= 0.6 is 11.8 Å². The third-order valence-electron chi connectivity index (χ3n) is 2.69. The zero-order valence-corrected chi connectivity index (χ0v) is 11.6. The molecular formula is C15H13NO3S. The minimum atomic E-state index is -0.952. The van der Waals surface area contributed by atoms with Crippen molar-refractivity contribution in [2.75, 3.05) is 7.05 Å². The molecule has 102 valence electrons. The van der Waals surface area contributed by atoms with Gasteiger partial charge in [-0.05, 0) is 36.4 Å². The van der Waals surface area contributed by atoms with Gasteiger partial charge in [0.05, 0.1) is 11.1 Å². The zero-order chi connectivity index (χ0) is 14.5. The minimum Gasteiger partial charge on any atom is -0.478 e. The summed E-state index contributed by atoms with van der Waals surface area (Å²) < 4.78 is 0. The number of hydrogen-bond donors (Lipinski definition) is 2. The van der Waals surface area contributed by atoms with Crippen molar-refractivity contribution in [3.05, 3.63) is 59.7 Å². The fourth-order valence-electron chi connectivity index (χ4n) is 1.67. The summed E-state index contributed by atoms with van der Waals surface area (Å²) in [5.41, 5.74) is 0.844. The number of carbonyl (C=O) groups excluding carboxylic acids is 1. The maximum atomic E-state index is 11.8. The molecule has 2 rings (SSSR count). The van der Waals surface area contributed by atoms with E-state index in [2.05, 4.69) is 5.32 Å². The Bertz CT molecular complexity index is 638. The van der Waals surface area contributed by atoms with Crippen molar-refractivity contribution in [3.8, 4) is 0 Å². The monoisotopic (exact) mass is 287 g/mol. The Morgan fingerprint density at radius 1 is 1.05 bits per heavy atom. The SMILES string of the molecule is CNC(=O)c1ccccc1Sc1ccc(C(=O)O)cc1. The van der Waals surface area contributed by atoms with E-state index in [0.717, 1.165) is 9.79 Å². The van der Waals surface area contributed by atoms with Crippen LogP contribution in [0.1, 0.15) is 20.7 Å². The number of carbonyl (C=O) groups is 2. The van der Waals surface area contributed by atoms with Crippen LogP contribution in [0.3, 0.4) is 0 Å². The van der Waals surface area contributed by atoms with Crippen LogP contribution in [0.2, 0.25) is 0 Å². The Balaban J connectivity index is 2.26. The number of nitrogens with one attached hydrogen (secondary N) is 1. The van der Waals surface area contributed by atoms with Gasteiger partial charge < -0.3 is 10.4 Å². The predicted octanol–water partition coefficient (Wildman–Crippen LogP) is 2.90. The van der Waals surface area contributed by atoms with Crippen LogP contribution in [0.4, 0.5) is 0 Å². The molecule has 0 atom stereocenters. The average Bonchev–Trinajstić information content (AvgIpc) is 2.47. The van der Waals surface area contributed by atoms with Crippen LogP contribution in [-0.2, 0) is 0 Å². The van der Waals surface area contributed by atoms with Gasteiger partial charge in [-0.1, -0.05) is 23.9 Å². The van der Waals surface area contributed by atoms with Crippen LogP contribution < -0.4 is 5.32 Å². The molecule has 0 saturated heterocycles. The summed E-state index contributed by atoms with van der Waals surface area (Å²) in [5, 5.41) is 11.5.